The molecule has 1 aromatic carbocycles. The number of ether oxygens (including phenoxy) is 1. The summed E-state index contributed by atoms with van der Waals surface area (Å²) in [5.41, 5.74) is 0.433. The molecular formula is C39H54O5. The summed E-state index contributed by atoms with van der Waals surface area (Å²) in [5, 5.41) is 20.8. The molecule has 4 saturated carbocycles. The first-order valence-electron chi connectivity index (χ1n) is 17.2. The van der Waals surface area contributed by atoms with Gasteiger partial charge in [0.1, 0.15) is 17.1 Å². The molecule has 44 heavy (non-hydrogen) atoms. The number of phenolic OH excluding ortho intramolecular Hbond substituents is 1. The summed E-state index contributed by atoms with van der Waals surface area (Å²) in [4.78, 5) is 27.6. The lowest BCUT2D eigenvalue weighted by Crippen LogP contribution is -2.69. The first kappa shape index (κ1) is 31.6. The third kappa shape index (κ3) is 4.34. The van der Waals surface area contributed by atoms with Crippen molar-refractivity contribution in [1.82, 2.24) is 0 Å². The number of rotatable bonds is 4. The number of fused-ring (bicyclic) bond motifs is 7. The minimum Gasteiger partial charge on any atom is -0.508 e. The fraction of sp³-hybridized carbons (Fsp3) is 0.692. The Morgan fingerprint density at radius 1 is 0.909 bits per heavy atom. The van der Waals surface area contributed by atoms with Gasteiger partial charge in [-0.2, -0.15) is 0 Å². The highest BCUT2D eigenvalue weighted by molar-refractivity contribution is 5.88. The number of aromatic hydroxyl groups is 1. The molecule has 0 aliphatic heterocycles. The topological polar surface area (TPSA) is 83.8 Å². The van der Waals surface area contributed by atoms with Crippen LogP contribution in [0.3, 0.4) is 0 Å². The predicted octanol–water partition coefficient (Wildman–Crippen LogP) is 8.29. The molecule has 4 unspecified atom stereocenters. The van der Waals surface area contributed by atoms with Gasteiger partial charge in [-0.1, -0.05) is 59.8 Å². The van der Waals surface area contributed by atoms with Crippen molar-refractivity contribution in [3.05, 3.63) is 47.6 Å². The van der Waals surface area contributed by atoms with Gasteiger partial charge in [-0.05, 0) is 134 Å². The van der Waals surface area contributed by atoms with Gasteiger partial charge < -0.3 is 14.9 Å². The normalized spacial score (nSPS) is 44.4. The number of aliphatic hydroxyl groups is 1. The smallest absolute Gasteiger partial charge is 0.331 e. The van der Waals surface area contributed by atoms with Gasteiger partial charge >= 0.3 is 5.97 Å². The van der Waals surface area contributed by atoms with Crippen molar-refractivity contribution in [2.45, 2.75) is 118 Å². The van der Waals surface area contributed by atoms with Gasteiger partial charge in [0.25, 0.3) is 0 Å². The summed E-state index contributed by atoms with van der Waals surface area (Å²) in [6.07, 6.45) is 13.5. The van der Waals surface area contributed by atoms with Crippen LogP contribution in [0.5, 0.6) is 5.75 Å². The second-order valence-corrected chi connectivity index (χ2v) is 16.6. The fourth-order valence-corrected chi connectivity index (χ4v) is 11.9. The van der Waals surface area contributed by atoms with Gasteiger partial charge in [0.15, 0.2) is 0 Å². The lowest BCUT2D eigenvalue weighted by atomic mass is 9.35. The molecule has 0 amide bonds. The maximum absolute atomic E-state index is 14.0. The standard InChI is InChI=1S/C39H54O5/c1-24-16-21-38(26(3)40)22-23-39(44-33(43)15-10-27-8-11-28(41)12-9-27)29(34(38)25(24)2)13-14-31-36(6)19-18-32(42)35(4,5)30(36)17-20-37(31,39)7/h8-13,15,24-25,30-32,34,41-42H,14,16-23H2,1-7H3/b15-10-/t24-,25+,30?,31?,32+,34?,36+,37-,38-,39?/m1/s1. The Labute approximate surface area is 264 Å². The van der Waals surface area contributed by atoms with Crippen LogP contribution in [0.2, 0.25) is 0 Å². The number of hydrogen-bond donors (Lipinski definition) is 2. The van der Waals surface area contributed by atoms with Gasteiger partial charge in [0.2, 0.25) is 0 Å². The summed E-state index contributed by atoms with van der Waals surface area (Å²) in [6, 6.07) is 6.81. The lowest BCUT2D eigenvalue weighted by Gasteiger charge is -2.71. The first-order chi connectivity index (χ1) is 20.6. The van der Waals surface area contributed by atoms with Crippen molar-refractivity contribution in [1.29, 1.82) is 0 Å². The van der Waals surface area contributed by atoms with Gasteiger partial charge in [0, 0.05) is 16.9 Å². The number of benzene rings is 1. The molecular weight excluding hydrogens is 548 g/mol. The average molecular weight is 603 g/mol. The molecule has 2 N–H and O–H groups in total. The molecule has 6 rings (SSSR count). The van der Waals surface area contributed by atoms with Crippen LogP contribution in [0.25, 0.3) is 6.08 Å². The van der Waals surface area contributed by atoms with Crippen LogP contribution in [0.15, 0.2) is 42.0 Å². The van der Waals surface area contributed by atoms with Crippen LogP contribution >= 0.6 is 0 Å². The number of aliphatic hydroxyl groups excluding tert-OH is 1. The van der Waals surface area contributed by atoms with Crippen molar-refractivity contribution in [2.75, 3.05) is 0 Å². The fourth-order valence-electron chi connectivity index (χ4n) is 11.9. The van der Waals surface area contributed by atoms with Gasteiger partial charge in [0.05, 0.1) is 6.10 Å². The van der Waals surface area contributed by atoms with Gasteiger partial charge in [-0.25, -0.2) is 4.79 Å². The molecule has 5 heteroatoms. The third-order valence-electron chi connectivity index (χ3n) is 14.6. The van der Waals surface area contributed by atoms with E-state index < -0.39 is 11.0 Å². The second-order valence-electron chi connectivity index (χ2n) is 16.6. The largest absolute Gasteiger partial charge is 0.508 e. The Bertz CT molecular complexity index is 1370. The van der Waals surface area contributed by atoms with Crippen LogP contribution in [0, 0.1) is 51.2 Å². The molecule has 0 spiro atoms. The Balaban J connectivity index is 1.47. The van der Waals surface area contributed by atoms with E-state index in [0.717, 1.165) is 56.9 Å². The van der Waals surface area contributed by atoms with E-state index in [4.69, 9.17) is 4.74 Å². The highest BCUT2D eigenvalue weighted by atomic mass is 16.6. The number of allylic oxidation sites excluding steroid dienone is 1. The number of Topliss-reactive ketones (excluding diaryl/α,β-unsaturated/α-hetero) is 1. The maximum atomic E-state index is 14.0. The van der Waals surface area contributed by atoms with Crippen LogP contribution in [-0.4, -0.2) is 33.7 Å². The number of ketones is 1. The van der Waals surface area contributed by atoms with Crippen molar-refractivity contribution < 1.29 is 24.5 Å². The molecule has 5 aliphatic carbocycles. The van der Waals surface area contributed by atoms with E-state index in [9.17, 15) is 19.8 Å². The Morgan fingerprint density at radius 3 is 2.30 bits per heavy atom. The summed E-state index contributed by atoms with van der Waals surface area (Å²) < 4.78 is 6.95. The number of esters is 1. The summed E-state index contributed by atoms with van der Waals surface area (Å²) in [6.45, 7) is 15.8. The molecule has 240 valence electrons. The predicted molar refractivity (Wildman–Crippen MR) is 174 cm³/mol. The quantitative estimate of drug-likeness (QED) is 0.206. The minimum absolute atomic E-state index is 0.0135. The highest BCUT2D eigenvalue weighted by Crippen LogP contribution is 2.74. The van der Waals surface area contributed by atoms with E-state index in [-0.39, 0.29) is 40.0 Å². The number of carbonyl (C=O) groups is 2. The van der Waals surface area contributed by atoms with E-state index in [0.29, 0.717) is 35.9 Å². The summed E-state index contributed by atoms with van der Waals surface area (Å²) in [5.74, 6) is 1.72. The van der Waals surface area contributed by atoms with E-state index in [1.54, 1.807) is 43.3 Å². The Hall–Kier alpha value is -2.40. The molecule has 4 fully saturated rings. The second kappa shape index (κ2) is 10.6. The minimum atomic E-state index is -0.782. The van der Waals surface area contributed by atoms with Crippen LogP contribution in [0.1, 0.15) is 112 Å². The monoisotopic (exact) mass is 602 g/mol. The van der Waals surface area contributed by atoms with E-state index in [1.165, 1.54) is 5.57 Å². The number of carbonyl (C=O) groups excluding carboxylic acids is 2. The number of hydrogen-bond acceptors (Lipinski definition) is 5. The third-order valence-corrected chi connectivity index (χ3v) is 14.6. The molecule has 0 heterocycles. The molecule has 0 bridgehead atoms. The lowest BCUT2D eigenvalue weighted by molar-refractivity contribution is -0.237. The highest BCUT2D eigenvalue weighted by Gasteiger charge is 2.72. The zero-order valence-electron chi connectivity index (χ0n) is 28.0. The maximum Gasteiger partial charge on any atom is 0.331 e. The van der Waals surface area contributed by atoms with E-state index in [1.807, 2.05) is 0 Å². The molecule has 1 aromatic rings. The van der Waals surface area contributed by atoms with Crippen molar-refractivity contribution in [3.63, 3.8) is 0 Å². The molecule has 5 aliphatic rings. The molecule has 5 nitrogen and oxygen atoms in total. The zero-order valence-corrected chi connectivity index (χ0v) is 28.0. The van der Waals surface area contributed by atoms with Crippen LogP contribution < -0.4 is 0 Å². The molecule has 0 aromatic heterocycles. The van der Waals surface area contributed by atoms with Crippen LogP contribution in [0.4, 0.5) is 0 Å². The van der Waals surface area contributed by atoms with Gasteiger partial charge in [-0.3, -0.25) is 4.79 Å². The van der Waals surface area contributed by atoms with Gasteiger partial charge in [-0.15, -0.1) is 0 Å². The Kier molecular flexibility index (Phi) is 7.59. The SMILES string of the molecule is CC(=O)[C@]12CC[C@@H](C)[C@H](C)C1C1=CCC3[C@@]4(C)CC[C@H](O)C(C)(C)C4CC[C@@]3(C)C1(OC(=O)/C=C\c1ccc(O)cc1)CC2. The van der Waals surface area contributed by atoms with E-state index >= 15 is 0 Å². The average Bonchev–Trinajstić information content (AvgIpc) is 2.97. The first-order valence-corrected chi connectivity index (χ1v) is 17.2. The zero-order chi connectivity index (χ0) is 31.9. The van der Waals surface area contributed by atoms with Crippen molar-refractivity contribution >= 4 is 17.8 Å². The van der Waals surface area contributed by atoms with Crippen LogP contribution in [-0.2, 0) is 14.3 Å². The van der Waals surface area contributed by atoms with Crippen molar-refractivity contribution in [3.8, 4) is 5.75 Å². The molecule has 0 radical (unpaired) electrons. The Morgan fingerprint density at radius 2 is 1.61 bits per heavy atom. The van der Waals surface area contributed by atoms with E-state index in [2.05, 4.69) is 47.6 Å². The summed E-state index contributed by atoms with van der Waals surface area (Å²) in [7, 11) is 0. The number of phenols is 1. The van der Waals surface area contributed by atoms with Crippen molar-refractivity contribution in [2.24, 2.45) is 51.2 Å². The molecule has 0 saturated heterocycles. The molecule has 10 atom stereocenters. The summed E-state index contributed by atoms with van der Waals surface area (Å²) >= 11 is 0.